The first kappa shape index (κ1) is 15.9. The summed E-state index contributed by atoms with van der Waals surface area (Å²) in [5.41, 5.74) is 0.290. The fourth-order valence-electron chi connectivity index (χ4n) is 2.03. The van der Waals surface area contributed by atoms with Gasteiger partial charge in [-0.05, 0) is 25.7 Å². The van der Waals surface area contributed by atoms with Crippen molar-refractivity contribution in [2.75, 3.05) is 19.3 Å². The van der Waals surface area contributed by atoms with Gasteiger partial charge in [-0.1, -0.05) is 20.8 Å². The minimum Gasteiger partial charge on any atom is -0.310 e. The second-order valence-corrected chi connectivity index (χ2v) is 8.05. The Kier molecular flexibility index (Phi) is 5.42. The van der Waals surface area contributed by atoms with Crippen molar-refractivity contribution in [3.8, 4) is 0 Å². The van der Waals surface area contributed by atoms with Crippen molar-refractivity contribution in [3.63, 3.8) is 0 Å². The summed E-state index contributed by atoms with van der Waals surface area (Å²) in [4.78, 5) is 0. The standard InChI is InChI=1S/C11H26N2O2S/c1-10(2,3)9-11(4,5)12-7-8-13-16(6,14)15/h12-13H,7-9H2,1-6H3. The SMILES string of the molecule is CC(C)(C)CC(C)(C)NCCNS(C)(=O)=O. The van der Waals surface area contributed by atoms with Crippen molar-refractivity contribution in [1.82, 2.24) is 10.0 Å². The number of hydrogen-bond acceptors (Lipinski definition) is 3. The van der Waals surface area contributed by atoms with Crippen molar-refractivity contribution in [3.05, 3.63) is 0 Å². The zero-order valence-electron chi connectivity index (χ0n) is 11.3. The van der Waals surface area contributed by atoms with E-state index in [9.17, 15) is 8.42 Å². The Morgan fingerprint density at radius 1 is 1.00 bits per heavy atom. The molecule has 0 fully saturated rings. The molecule has 5 heteroatoms. The van der Waals surface area contributed by atoms with Gasteiger partial charge in [0.05, 0.1) is 6.26 Å². The van der Waals surface area contributed by atoms with Gasteiger partial charge < -0.3 is 5.32 Å². The van der Waals surface area contributed by atoms with Gasteiger partial charge in [-0.2, -0.15) is 0 Å². The summed E-state index contributed by atoms with van der Waals surface area (Å²) in [6, 6.07) is 0. The molecule has 0 amide bonds. The summed E-state index contributed by atoms with van der Waals surface area (Å²) in [7, 11) is -3.07. The molecular weight excluding hydrogens is 224 g/mol. The lowest BCUT2D eigenvalue weighted by atomic mass is 9.82. The van der Waals surface area contributed by atoms with Crippen LogP contribution in [0.5, 0.6) is 0 Å². The van der Waals surface area contributed by atoms with E-state index in [1.165, 1.54) is 6.26 Å². The van der Waals surface area contributed by atoms with Gasteiger partial charge in [-0.15, -0.1) is 0 Å². The van der Waals surface area contributed by atoms with Gasteiger partial charge in [0, 0.05) is 18.6 Å². The second kappa shape index (κ2) is 5.47. The Balaban J connectivity index is 3.92. The van der Waals surface area contributed by atoms with Gasteiger partial charge >= 0.3 is 0 Å². The van der Waals surface area contributed by atoms with Crippen LogP contribution in [0.25, 0.3) is 0 Å². The Hall–Kier alpha value is -0.130. The van der Waals surface area contributed by atoms with Gasteiger partial charge in [-0.25, -0.2) is 13.1 Å². The molecule has 16 heavy (non-hydrogen) atoms. The molecule has 0 radical (unpaired) electrons. The molecule has 0 saturated heterocycles. The smallest absolute Gasteiger partial charge is 0.208 e. The van der Waals surface area contributed by atoms with E-state index in [0.29, 0.717) is 13.1 Å². The highest BCUT2D eigenvalue weighted by Gasteiger charge is 2.24. The van der Waals surface area contributed by atoms with Gasteiger partial charge in [-0.3, -0.25) is 0 Å². The topological polar surface area (TPSA) is 58.2 Å². The molecule has 2 N–H and O–H groups in total. The molecule has 0 unspecified atom stereocenters. The first-order valence-electron chi connectivity index (χ1n) is 5.61. The van der Waals surface area contributed by atoms with E-state index in [1.54, 1.807) is 0 Å². The molecule has 0 aromatic carbocycles. The van der Waals surface area contributed by atoms with Crippen molar-refractivity contribution in [1.29, 1.82) is 0 Å². The summed E-state index contributed by atoms with van der Waals surface area (Å²) in [6.07, 6.45) is 2.21. The van der Waals surface area contributed by atoms with Crippen LogP contribution in [0.1, 0.15) is 41.0 Å². The maximum Gasteiger partial charge on any atom is 0.208 e. The van der Waals surface area contributed by atoms with Gasteiger partial charge in [0.1, 0.15) is 0 Å². The molecule has 98 valence electrons. The predicted octanol–water partition coefficient (Wildman–Crippen LogP) is 1.34. The molecule has 0 aliphatic carbocycles. The number of rotatable bonds is 6. The minimum atomic E-state index is -3.07. The van der Waals surface area contributed by atoms with Gasteiger partial charge in [0.15, 0.2) is 0 Å². The number of hydrogen-bond donors (Lipinski definition) is 2. The fourth-order valence-corrected chi connectivity index (χ4v) is 2.50. The third-order valence-electron chi connectivity index (χ3n) is 2.07. The van der Waals surface area contributed by atoms with Crippen molar-refractivity contribution in [2.45, 2.75) is 46.6 Å². The van der Waals surface area contributed by atoms with E-state index in [1.807, 2.05) is 0 Å². The van der Waals surface area contributed by atoms with Crippen LogP contribution in [0.4, 0.5) is 0 Å². The lowest BCUT2D eigenvalue weighted by Gasteiger charge is -2.33. The summed E-state index contributed by atoms with van der Waals surface area (Å²) >= 11 is 0. The van der Waals surface area contributed by atoms with Crippen LogP contribution in [0, 0.1) is 5.41 Å². The van der Waals surface area contributed by atoms with Gasteiger partial charge in [0.2, 0.25) is 10.0 Å². The van der Waals surface area contributed by atoms with Crippen LogP contribution >= 0.6 is 0 Å². The highest BCUT2D eigenvalue weighted by molar-refractivity contribution is 7.88. The van der Waals surface area contributed by atoms with E-state index in [4.69, 9.17) is 0 Å². The lowest BCUT2D eigenvalue weighted by molar-refractivity contribution is 0.244. The molecule has 0 bridgehead atoms. The molecule has 0 spiro atoms. The monoisotopic (exact) mass is 250 g/mol. The summed E-state index contributed by atoms with van der Waals surface area (Å²) in [6.45, 7) is 12.0. The third-order valence-corrected chi connectivity index (χ3v) is 2.79. The van der Waals surface area contributed by atoms with Crippen LogP contribution in [-0.2, 0) is 10.0 Å². The van der Waals surface area contributed by atoms with Crippen LogP contribution < -0.4 is 10.0 Å². The van der Waals surface area contributed by atoms with Crippen molar-refractivity contribution in [2.24, 2.45) is 5.41 Å². The Morgan fingerprint density at radius 2 is 1.50 bits per heavy atom. The zero-order valence-corrected chi connectivity index (χ0v) is 12.2. The largest absolute Gasteiger partial charge is 0.310 e. The predicted molar refractivity (Wildman–Crippen MR) is 69.0 cm³/mol. The van der Waals surface area contributed by atoms with E-state index in [-0.39, 0.29) is 11.0 Å². The Morgan fingerprint density at radius 3 is 1.88 bits per heavy atom. The zero-order chi connectivity index (χ0) is 13.0. The minimum absolute atomic E-state index is 0.0252. The Labute approximate surface area is 100 Å². The van der Waals surface area contributed by atoms with Gasteiger partial charge in [0.25, 0.3) is 0 Å². The van der Waals surface area contributed by atoms with Crippen molar-refractivity contribution < 1.29 is 8.42 Å². The number of nitrogens with one attached hydrogen (secondary N) is 2. The third kappa shape index (κ3) is 10.4. The molecule has 4 nitrogen and oxygen atoms in total. The fraction of sp³-hybridized carbons (Fsp3) is 1.00. The summed E-state index contributed by atoms with van der Waals surface area (Å²) in [5, 5.41) is 3.36. The maximum atomic E-state index is 10.8. The highest BCUT2D eigenvalue weighted by Crippen LogP contribution is 2.26. The molecule has 0 aliphatic rings. The quantitative estimate of drug-likeness (QED) is 0.699. The van der Waals surface area contributed by atoms with Crippen LogP contribution in [0.3, 0.4) is 0 Å². The van der Waals surface area contributed by atoms with E-state index in [2.05, 4.69) is 44.7 Å². The van der Waals surface area contributed by atoms with Crippen LogP contribution in [0.15, 0.2) is 0 Å². The van der Waals surface area contributed by atoms with Crippen LogP contribution in [0.2, 0.25) is 0 Å². The molecule has 0 aromatic rings. The highest BCUT2D eigenvalue weighted by atomic mass is 32.2. The molecular formula is C11H26N2O2S. The Bertz CT molecular complexity index is 302. The van der Waals surface area contributed by atoms with E-state index >= 15 is 0 Å². The average molecular weight is 250 g/mol. The van der Waals surface area contributed by atoms with E-state index < -0.39 is 10.0 Å². The second-order valence-electron chi connectivity index (χ2n) is 6.21. The normalized spacial score (nSPS) is 14.1. The van der Waals surface area contributed by atoms with E-state index in [0.717, 1.165) is 6.42 Å². The first-order chi connectivity index (χ1) is 6.91. The van der Waals surface area contributed by atoms with Crippen LogP contribution in [-0.4, -0.2) is 33.3 Å². The summed E-state index contributed by atoms with van der Waals surface area (Å²) < 4.78 is 24.2. The maximum absolute atomic E-state index is 10.8. The molecule has 0 atom stereocenters. The molecule has 0 rings (SSSR count). The first-order valence-corrected chi connectivity index (χ1v) is 7.50. The van der Waals surface area contributed by atoms with Crippen molar-refractivity contribution >= 4 is 10.0 Å². The average Bonchev–Trinajstić information content (AvgIpc) is 1.91. The molecule has 0 heterocycles. The molecule has 0 aromatic heterocycles. The molecule has 0 saturated carbocycles. The summed E-state index contributed by atoms with van der Waals surface area (Å²) in [5.74, 6) is 0. The molecule has 0 aliphatic heterocycles. The number of sulfonamides is 1. The lowest BCUT2D eigenvalue weighted by Crippen LogP contribution is -2.45.